The van der Waals surface area contributed by atoms with Crippen LogP contribution >= 0.6 is 22.9 Å². The Bertz CT molecular complexity index is 1260. The molecule has 3 heterocycles. The minimum Gasteiger partial charge on any atom is -0.397 e. The van der Waals surface area contributed by atoms with E-state index in [2.05, 4.69) is 31.2 Å². The summed E-state index contributed by atoms with van der Waals surface area (Å²) in [6.45, 7) is 5.86. The van der Waals surface area contributed by atoms with Crippen LogP contribution in [0.4, 0.5) is 27.9 Å². The highest BCUT2D eigenvalue weighted by molar-refractivity contribution is 7.12. The lowest BCUT2D eigenvalue weighted by atomic mass is 9.89. The lowest BCUT2D eigenvalue weighted by molar-refractivity contribution is -0.122. The number of anilines is 4. The number of nitrogens with zero attached hydrogens (tertiary/aromatic N) is 2. The molecule has 4 rings (SSSR count). The van der Waals surface area contributed by atoms with Crippen molar-refractivity contribution >= 4 is 58.1 Å². The zero-order valence-electron chi connectivity index (χ0n) is 19.2. The summed E-state index contributed by atoms with van der Waals surface area (Å²) in [5.74, 6) is 0.740. The normalized spacial score (nSPS) is 14.4. The van der Waals surface area contributed by atoms with Crippen molar-refractivity contribution in [3.8, 4) is 5.06 Å². The molecule has 0 saturated heterocycles. The van der Waals surface area contributed by atoms with Crippen LogP contribution in [0.3, 0.4) is 0 Å². The van der Waals surface area contributed by atoms with Crippen LogP contribution in [0.15, 0.2) is 29.8 Å². The van der Waals surface area contributed by atoms with Crippen LogP contribution in [-0.4, -0.2) is 29.0 Å². The van der Waals surface area contributed by atoms with Crippen molar-refractivity contribution in [2.75, 3.05) is 17.7 Å². The zero-order valence-corrected chi connectivity index (χ0v) is 20.8. The maximum absolute atomic E-state index is 12.1. The molecule has 2 amide bonds. The molecule has 9 nitrogen and oxygen atoms in total. The van der Waals surface area contributed by atoms with E-state index in [0.717, 1.165) is 22.4 Å². The Kier molecular flexibility index (Phi) is 6.63. The van der Waals surface area contributed by atoms with Gasteiger partial charge in [-0.3, -0.25) is 4.79 Å². The van der Waals surface area contributed by atoms with Gasteiger partial charge in [-0.1, -0.05) is 17.7 Å². The first kappa shape index (κ1) is 23.8. The minimum absolute atomic E-state index is 0.0379. The number of amides is 2. The van der Waals surface area contributed by atoms with Gasteiger partial charge in [0, 0.05) is 19.2 Å². The lowest BCUT2D eigenvalue weighted by Crippen LogP contribution is -2.39. The average molecular weight is 501 g/mol. The summed E-state index contributed by atoms with van der Waals surface area (Å²) in [6.07, 6.45) is 2.08. The van der Waals surface area contributed by atoms with Crippen LogP contribution in [-0.2, 0) is 16.8 Å². The molecule has 4 N–H and O–H groups in total. The van der Waals surface area contributed by atoms with Gasteiger partial charge in [0.15, 0.2) is 5.82 Å². The van der Waals surface area contributed by atoms with Crippen molar-refractivity contribution in [2.45, 2.75) is 39.2 Å². The van der Waals surface area contributed by atoms with Gasteiger partial charge in [0.2, 0.25) is 16.9 Å². The van der Waals surface area contributed by atoms with Gasteiger partial charge in [-0.25, -0.2) is 9.78 Å². The zero-order chi connectivity index (χ0) is 24.5. The molecule has 0 unspecified atom stereocenters. The summed E-state index contributed by atoms with van der Waals surface area (Å²) < 4.78 is 5.32. The Balaban J connectivity index is 1.59. The van der Waals surface area contributed by atoms with Crippen LogP contribution < -0.4 is 26.0 Å². The summed E-state index contributed by atoms with van der Waals surface area (Å²) in [5, 5.41) is 14.4. The number of aromatic nitrogens is 2. The molecule has 0 radical (unpaired) electrons. The molecule has 11 heteroatoms. The van der Waals surface area contributed by atoms with Crippen molar-refractivity contribution in [2.24, 2.45) is 0 Å². The monoisotopic (exact) mass is 500 g/mol. The number of nitrogens with one attached hydrogen (secondary N) is 4. The third-order valence-electron chi connectivity index (χ3n) is 5.43. The summed E-state index contributed by atoms with van der Waals surface area (Å²) in [6, 6.07) is 5.96. The summed E-state index contributed by atoms with van der Waals surface area (Å²) in [5.41, 5.74) is 3.94. The van der Waals surface area contributed by atoms with Crippen LogP contribution in [0.1, 0.15) is 37.0 Å². The third kappa shape index (κ3) is 5.07. The number of ether oxygens (including phenoxy) is 1. The smallest absolute Gasteiger partial charge is 0.397 e. The number of fused-ring (bicyclic) bond motifs is 1. The predicted molar refractivity (Wildman–Crippen MR) is 134 cm³/mol. The van der Waals surface area contributed by atoms with E-state index >= 15 is 0 Å². The lowest BCUT2D eigenvalue weighted by Gasteiger charge is -2.27. The molecule has 2 aromatic heterocycles. The highest BCUT2D eigenvalue weighted by Crippen LogP contribution is 2.39. The fourth-order valence-electron chi connectivity index (χ4n) is 3.72. The van der Waals surface area contributed by atoms with E-state index in [4.69, 9.17) is 16.3 Å². The van der Waals surface area contributed by atoms with E-state index < -0.39 is 11.6 Å². The maximum atomic E-state index is 12.1. The molecule has 0 spiro atoms. The molecular formula is C23H25ClN6O3S. The Morgan fingerprint density at radius 1 is 1.26 bits per heavy atom. The van der Waals surface area contributed by atoms with E-state index in [-0.39, 0.29) is 5.91 Å². The van der Waals surface area contributed by atoms with E-state index in [1.165, 1.54) is 24.6 Å². The van der Waals surface area contributed by atoms with Gasteiger partial charge in [-0.2, -0.15) is 4.98 Å². The molecule has 0 bridgehead atoms. The van der Waals surface area contributed by atoms with E-state index in [1.54, 1.807) is 0 Å². The highest BCUT2D eigenvalue weighted by Gasteiger charge is 2.29. The van der Waals surface area contributed by atoms with Crippen LogP contribution in [0.2, 0.25) is 5.02 Å². The van der Waals surface area contributed by atoms with Crippen molar-refractivity contribution < 1.29 is 14.3 Å². The number of hydrogen-bond donors (Lipinski definition) is 4. The van der Waals surface area contributed by atoms with Crippen LogP contribution in [0.5, 0.6) is 5.06 Å². The van der Waals surface area contributed by atoms with E-state index in [0.29, 0.717) is 40.4 Å². The molecule has 0 aliphatic carbocycles. The van der Waals surface area contributed by atoms with Crippen molar-refractivity contribution in [3.05, 3.63) is 51.5 Å². The molecule has 1 aliphatic rings. The third-order valence-corrected chi connectivity index (χ3v) is 6.68. The molecule has 34 heavy (non-hydrogen) atoms. The SMILES string of the molecule is CNC(=O)Oc1scc(C)c1Nc1nc(Nc2ccc3c(c2)C(C)(C)NC(=O)CC3)ncc1Cl. The first-order chi connectivity index (χ1) is 16.2. The molecule has 0 saturated carbocycles. The molecule has 0 atom stereocenters. The van der Waals surface area contributed by atoms with Gasteiger partial charge < -0.3 is 26.0 Å². The topological polar surface area (TPSA) is 117 Å². The first-order valence-electron chi connectivity index (χ1n) is 10.6. The number of thiophene rings is 1. The molecule has 1 aromatic carbocycles. The van der Waals surface area contributed by atoms with Gasteiger partial charge >= 0.3 is 6.09 Å². The highest BCUT2D eigenvalue weighted by atomic mass is 35.5. The molecule has 1 aliphatic heterocycles. The number of carbonyl (C=O) groups is 2. The number of hydrogen-bond acceptors (Lipinski definition) is 8. The molecule has 0 fully saturated rings. The fourth-order valence-corrected chi connectivity index (χ4v) is 4.72. The second-order valence-corrected chi connectivity index (χ2v) is 9.66. The molecule has 178 valence electrons. The van der Waals surface area contributed by atoms with Crippen molar-refractivity contribution in [1.82, 2.24) is 20.6 Å². The second-order valence-electron chi connectivity index (χ2n) is 8.41. The van der Waals surface area contributed by atoms with E-state index in [9.17, 15) is 9.59 Å². The Labute approximate surface area is 206 Å². The number of halogens is 1. The number of benzene rings is 1. The average Bonchev–Trinajstić information content (AvgIpc) is 3.07. The van der Waals surface area contributed by atoms with Crippen LogP contribution in [0.25, 0.3) is 0 Å². The summed E-state index contributed by atoms with van der Waals surface area (Å²) >= 11 is 7.63. The van der Waals surface area contributed by atoms with Crippen LogP contribution in [0, 0.1) is 6.92 Å². The minimum atomic E-state index is -0.566. The number of rotatable bonds is 5. The van der Waals surface area contributed by atoms with Gasteiger partial charge in [0.25, 0.3) is 0 Å². The standard InChI is InChI=1S/C23H25ClN6O3S/c1-12-11-34-20(33-22(32)25-4)18(12)28-19-16(24)10-26-21(29-19)27-14-7-5-13-6-8-17(31)30-23(2,3)15(13)9-14/h5,7,9-11H,6,8H2,1-4H3,(H,25,32)(H,30,31)(H2,26,27,28,29). The largest absolute Gasteiger partial charge is 0.413 e. The Morgan fingerprint density at radius 2 is 2.06 bits per heavy atom. The Morgan fingerprint density at radius 3 is 2.82 bits per heavy atom. The van der Waals surface area contributed by atoms with E-state index in [1.807, 2.05) is 44.4 Å². The summed E-state index contributed by atoms with van der Waals surface area (Å²) in [4.78, 5) is 32.5. The van der Waals surface area contributed by atoms with Gasteiger partial charge in [0.05, 0.1) is 17.4 Å². The van der Waals surface area contributed by atoms with Crippen molar-refractivity contribution in [1.29, 1.82) is 0 Å². The Hall–Kier alpha value is -3.37. The number of carbonyl (C=O) groups excluding carboxylic acids is 2. The number of aryl methyl sites for hydroxylation is 2. The first-order valence-corrected chi connectivity index (χ1v) is 11.9. The van der Waals surface area contributed by atoms with Gasteiger partial charge in [-0.05, 0) is 61.4 Å². The summed E-state index contributed by atoms with van der Waals surface area (Å²) in [7, 11) is 1.49. The second kappa shape index (κ2) is 9.47. The molecular weight excluding hydrogens is 476 g/mol. The quantitative estimate of drug-likeness (QED) is 0.389. The fraction of sp³-hybridized carbons (Fsp3) is 0.304. The van der Waals surface area contributed by atoms with Gasteiger partial charge in [0.1, 0.15) is 5.02 Å². The van der Waals surface area contributed by atoms with Crippen molar-refractivity contribution in [3.63, 3.8) is 0 Å². The maximum Gasteiger partial charge on any atom is 0.413 e. The van der Waals surface area contributed by atoms with Gasteiger partial charge in [-0.15, -0.1) is 11.3 Å². The predicted octanol–water partition coefficient (Wildman–Crippen LogP) is 5.00. The molecule has 3 aromatic rings.